The van der Waals surface area contributed by atoms with E-state index in [9.17, 15) is 14.4 Å². The predicted octanol–water partition coefficient (Wildman–Crippen LogP) is 3.54. The largest absolute Gasteiger partial charge is 0.497 e. The van der Waals surface area contributed by atoms with E-state index < -0.39 is 0 Å². The van der Waals surface area contributed by atoms with Gasteiger partial charge in [-0.3, -0.25) is 19.3 Å². The van der Waals surface area contributed by atoms with Gasteiger partial charge in [-0.1, -0.05) is 18.2 Å². The molecule has 0 spiro atoms. The lowest BCUT2D eigenvalue weighted by molar-refractivity contribution is -0.124. The second-order valence-corrected chi connectivity index (χ2v) is 8.02. The first-order valence-electron chi connectivity index (χ1n) is 8.75. The summed E-state index contributed by atoms with van der Waals surface area (Å²) in [6, 6.07) is 11.4. The number of hydrogen-bond acceptors (Lipinski definition) is 6. The standard InChI is InChI=1S/C20H20N2O4S2/c1-26-15-6-4-14(5-7-15)8-10-21-18(23)9-11-22-19(24)17(28-20(22)25)13-16-3-2-12-27-16/h2-7,12-13H,8-11H2,1H3,(H,21,23)/b17-13+. The Morgan fingerprint density at radius 3 is 2.68 bits per heavy atom. The summed E-state index contributed by atoms with van der Waals surface area (Å²) in [6.07, 6.45) is 2.50. The van der Waals surface area contributed by atoms with Crippen molar-refractivity contribution in [2.75, 3.05) is 20.2 Å². The van der Waals surface area contributed by atoms with E-state index in [1.165, 1.54) is 11.3 Å². The Hall–Kier alpha value is -2.58. The van der Waals surface area contributed by atoms with Crippen molar-refractivity contribution in [3.63, 3.8) is 0 Å². The number of imide groups is 1. The van der Waals surface area contributed by atoms with Gasteiger partial charge in [0.15, 0.2) is 0 Å². The van der Waals surface area contributed by atoms with Crippen LogP contribution in [0, 0.1) is 0 Å². The number of rotatable bonds is 8. The topological polar surface area (TPSA) is 75.7 Å². The van der Waals surface area contributed by atoms with Crippen LogP contribution in [0.1, 0.15) is 16.9 Å². The molecule has 1 aromatic carbocycles. The van der Waals surface area contributed by atoms with Crippen LogP contribution >= 0.6 is 23.1 Å². The fourth-order valence-corrected chi connectivity index (χ4v) is 4.22. The SMILES string of the molecule is COc1ccc(CCNC(=O)CCN2C(=O)S/C(=C/c3cccs3)C2=O)cc1. The number of carbonyl (C=O) groups is 3. The van der Waals surface area contributed by atoms with E-state index in [2.05, 4.69) is 5.32 Å². The summed E-state index contributed by atoms with van der Waals surface area (Å²) < 4.78 is 5.11. The number of benzene rings is 1. The van der Waals surface area contributed by atoms with E-state index in [0.717, 1.165) is 32.9 Å². The quantitative estimate of drug-likeness (QED) is 0.666. The Kier molecular flexibility index (Phi) is 6.89. The van der Waals surface area contributed by atoms with E-state index in [1.807, 2.05) is 41.8 Å². The molecule has 1 aromatic heterocycles. The van der Waals surface area contributed by atoms with Crippen molar-refractivity contribution in [3.05, 3.63) is 57.1 Å². The van der Waals surface area contributed by atoms with Gasteiger partial charge in [-0.25, -0.2) is 0 Å². The lowest BCUT2D eigenvalue weighted by atomic mass is 10.1. The molecule has 0 bridgehead atoms. The third kappa shape index (κ3) is 5.24. The minimum Gasteiger partial charge on any atom is -0.497 e. The van der Waals surface area contributed by atoms with Crippen LogP contribution in [0.4, 0.5) is 4.79 Å². The normalized spacial score (nSPS) is 15.3. The molecule has 3 amide bonds. The van der Waals surface area contributed by atoms with Gasteiger partial charge < -0.3 is 10.1 Å². The number of amides is 3. The minimum absolute atomic E-state index is 0.0841. The summed E-state index contributed by atoms with van der Waals surface area (Å²) in [4.78, 5) is 38.9. The van der Waals surface area contributed by atoms with Gasteiger partial charge in [-0.2, -0.15) is 0 Å². The zero-order valence-corrected chi connectivity index (χ0v) is 17.0. The molecule has 2 aromatic rings. The molecule has 6 nitrogen and oxygen atoms in total. The third-order valence-corrected chi connectivity index (χ3v) is 5.87. The van der Waals surface area contributed by atoms with Gasteiger partial charge in [0, 0.05) is 24.4 Å². The Labute approximate surface area is 171 Å². The molecule has 0 saturated carbocycles. The maximum absolute atomic E-state index is 12.4. The van der Waals surface area contributed by atoms with Crippen LogP contribution in [0.2, 0.25) is 0 Å². The van der Waals surface area contributed by atoms with Gasteiger partial charge in [-0.15, -0.1) is 11.3 Å². The highest BCUT2D eigenvalue weighted by Gasteiger charge is 2.35. The zero-order chi connectivity index (χ0) is 19.9. The average molecular weight is 417 g/mol. The van der Waals surface area contributed by atoms with E-state index in [-0.39, 0.29) is 30.0 Å². The van der Waals surface area contributed by atoms with Crippen molar-refractivity contribution in [3.8, 4) is 5.75 Å². The van der Waals surface area contributed by atoms with E-state index in [1.54, 1.807) is 13.2 Å². The molecule has 0 unspecified atom stereocenters. The monoisotopic (exact) mass is 416 g/mol. The molecule has 0 aliphatic carbocycles. The Morgan fingerprint density at radius 1 is 1.21 bits per heavy atom. The summed E-state index contributed by atoms with van der Waals surface area (Å²) in [5.41, 5.74) is 1.09. The van der Waals surface area contributed by atoms with Gasteiger partial charge in [0.25, 0.3) is 11.1 Å². The number of hydrogen-bond donors (Lipinski definition) is 1. The van der Waals surface area contributed by atoms with Crippen LogP contribution in [0.5, 0.6) is 5.75 Å². The van der Waals surface area contributed by atoms with Gasteiger partial charge in [0.05, 0.1) is 12.0 Å². The minimum atomic E-state index is -0.338. The van der Waals surface area contributed by atoms with Crippen LogP contribution in [0.25, 0.3) is 6.08 Å². The number of nitrogens with zero attached hydrogens (tertiary/aromatic N) is 1. The first kappa shape index (κ1) is 20.2. The molecular formula is C20H20N2O4S2. The van der Waals surface area contributed by atoms with Crippen LogP contribution in [-0.4, -0.2) is 42.2 Å². The van der Waals surface area contributed by atoms with Crippen molar-refractivity contribution >= 4 is 46.2 Å². The van der Waals surface area contributed by atoms with Crippen LogP contribution in [0.15, 0.2) is 46.7 Å². The Morgan fingerprint density at radius 2 is 2.00 bits per heavy atom. The highest BCUT2D eigenvalue weighted by atomic mass is 32.2. The Balaban J connectivity index is 1.43. The fraction of sp³-hybridized carbons (Fsp3) is 0.250. The summed E-state index contributed by atoms with van der Waals surface area (Å²) in [7, 11) is 1.62. The summed E-state index contributed by atoms with van der Waals surface area (Å²) >= 11 is 2.41. The van der Waals surface area contributed by atoms with Crippen molar-refractivity contribution < 1.29 is 19.1 Å². The van der Waals surface area contributed by atoms with E-state index in [0.29, 0.717) is 17.9 Å². The van der Waals surface area contributed by atoms with Crippen molar-refractivity contribution in [2.45, 2.75) is 12.8 Å². The van der Waals surface area contributed by atoms with Gasteiger partial charge in [0.2, 0.25) is 5.91 Å². The third-order valence-electron chi connectivity index (χ3n) is 4.15. The fourth-order valence-electron chi connectivity index (χ4n) is 2.64. The predicted molar refractivity (Wildman–Crippen MR) is 111 cm³/mol. The second kappa shape index (κ2) is 9.57. The average Bonchev–Trinajstić information content (AvgIpc) is 3.29. The number of methoxy groups -OCH3 is 1. The molecule has 8 heteroatoms. The molecule has 2 heterocycles. The van der Waals surface area contributed by atoms with Crippen LogP contribution in [0.3, 0.4) is 0 Å². The maximum Gasteiger partial charge on any atom is 0.293 e. The number of nitrogens with one attached hydrogen (secondary N) is 1. The van der Waals surface area contributed by atoms with Gasteiger partial charge >= 0.3 is 0 Å². The first-order chi connectivity index (χ1) is 13.6. The number of ether oxygens (including phenoxy) is 1. The second-order valence-electron chi connectivity index (χ2n) is 6.05. The van der Waals surface area contributed by atoms with Gasteiger partial charge in [0.1, 0.15) is 5.75 Å². The molecule has 146 valence electrons. The van der Waals surface area contributed by atoms with Crippen LogP contribution in [-0.2, 0) is 16.0 Å². The maximum atomic E-state index is 12.4. The van der Waals surface area contributed by atoms with Crippen molar-refractivity contribution in [1.29, 1.82) is 0 Å². The van der Waals surface area contributed by atoms with Crippen molar-refractivity contribution in [1.82, 2.24) is 10.2 Å². The lowest BCUT2D eigenvalue weighted by Crippen LogP contribution is -2.34. The first-order valence-corrected chi connectivity index (χ1v) is 10.4. The lowest BCUT2D eigenvalue weighted by Gasteiger charge is -2.12. The summed E-state index contributed by atoms with van der Waals surface area (Å²) in [6.45, 7) is 0.576. The number of thioether (sulfide) groups is 1. The molecule has 1 aliphatic rings. The number of thiophene rings is 1. The highest BCUT2D eigenvalue weighted by molar-refractivity contribution is 8.18. The highest BCUT2D eigenvalue weighted by Crippen LogP contribution is 2.32. The molecule has 0 atom stereocenters. The molecule has 28 heavy (non-hydrogen) atoms. The molecule has 3 rings (SSSR count). The zero-order valence-electron chi connectivity index (χ0n) is 15.3. The molecule has 0 radical (unpaired) electrons. The molecule has 1 fully saturated rings. The van der Waals surface area contributed by atoms with Gasteiger partial charge in [-0.05, 0) is 53.4 Å². The van der Waals surface area contributed by atoms with E-state index in [4.69, 9.17) is 4.74 Å². The molecular weight excluding hydrogens is 396 g/mol. The smallest absolute Gasteiger partial charge is 0.293 e. The van der Waals surface area contributed by atoms with Crippen molar-refractivity contribution in [2.24, 2.45) is 0 Å². The van der Waals surface area contributed by atoms with E-state index >= 15 is 0 Å². The summed E-state index contributed by atoms with van der Waals surface area (Å²) in [5, 5.41) is 4.40. The Bertz CT molecular complexity index is 876. The molecule has 1 saturated heterocycles. The number of carbonyl (C=O) groups excluding carboxylic acids is 3. The molecule has 1 N–H and O–H groups in total. The molecule has 1 aliphatic heterocycles. The van der Waals surface area contributed by atoms with Crippen LogP contribution < -0.4 is 10.1 Å². The summed E-state index contributed by atoms with van der Waals surface area (Å²) in [5.74, 6) is 0.266.